The Morgan fingerprint density at radius 1 is 0.891 bits per heavy atom. The molecule has 3 aliphatic heterocycles. The van der Waals surface area contributed by atoms with Crippen molar-refractivity contribution >= 4 is 68.1 Å². The highest BCUT2D eigenvalue weighted by Crippen LogP contribution is 2.39. The van der Waals surface area contributed by atoms with Gasteiger partial charge in [0.25, 0.3) is 11.8 Å². The van der Waals surface area contributed by atoms with E-state index < -0.39 is 45.3 Å². The van der Waals surface area contributed by atoms with Crippen LogP contribution in [0.3, 0.4) is 0 Å². The Hall–Kier alpha value is -6.18. The first kappa shape index (κ1) is 47.3. The molecule has 342 valence electrons. The van der Waals surface area contributed by atoms with Gasteiger partial charge < -0.3 is 35.7 Å². The first-order valence-electron chi connectivity index (χ1n) is 21.4. The number of piperazine rings is 1. The fourth-order valence-electron chi connectivity index (χ4n) is 8.27. The van der Waals surface area contributed by atoms with E-state index in [1.165, 1.54) is 13.2 Å². The van der Waals surface area contributed by atoms with Gasteiger partial charge in [0.1, 0.15) is 9.84 Å². The van der Waals surface area contributed by atoms with Gasteiger partial charge in [-0.15, -0.1) is 0 Å². The van der Waals surface area contributed by atoms with Crippen LogP contribution in [0.2, 0.25) is 0 Å². The second-order valence-electron chi connectivity index (χ2n) is 16.1. The summed E-state index contributed by atoms with van der Waals surface area (Å²) < 4.78 is 36.3. The molecule has 0 bridgehead atoms. The number of amides is 6. The average Bonchev–Trinajstić information content (AvgIpc) is 3.51. The van der Waals surface area contributed by atoms with Crippen molar-refractivity contribution in [1.29, 1.82) is 5.41 Å². The summed E-state index contributed by atoms with van der Waals surface area (Å²) in [5.74, 6) is -3.17. The predicted molar refractivity (Wildman–Crippen MR) is 241 cm³/mol. The highest BCUT2D eigenvalue weighted by atomic mass is 32.2. The second-order valence-corrected chi connectivity index (χ2v) is 18.3. The molecule has 64 heavy (non-hydrogen) atoms. The Balaban J connectivity index is 0.939. The quantitative estimate of drug-likeness (QED) is 0.0619. The molecular formula is C45H56N8O10S. The molecule has 2 atom stereocenters. The SMILES string of the molecule is CCOc1cc(C(CS(C)(=O)=O)N2C(=O)c3cccc(NC(=O)CCCCCN4CCN(CC(=O)Nc5ccc(C(=N)C6CCC(=O)NC6=O)c(NC)c5)CC4)c3C2=O)ccc1OC. The van der Waals surface area contributed by atoms with Gasteiger partial charge in [0, 0.05) is 69.3 Å². The molecule has 6 amide bonds. The minimum absolute atomic E-state index is 0.0114. The van der Waals surface area contributed by atoms with Crippen LogP contribution in [-0.2, 0) is 29.0 Å². The summed E-state index contributed by atoms with van der Waals surface area (Å²) in [6, 6.07) is 13.3. The van der Waals surface area contributed by atoms with Crippen LogP contribution in [0.15, 0.2) is 54.6 Å². The van der Waals surface area contributed by atoms with Gasteiger partial charge in [-0.05, 0) is 80.8 Å². The molecule has 3 heterocycles. The van der Waals surface area contributed by atoms with Crippen LogP contribution >= 0.6 is 0 Å². The van der Waals surface area contributed by atoms with E-state index in [-0.39, 0.29) is 66.1 Å². The molecule has 0 radical (unpaired) electrons. The fraction of sp³-hybridized carbons (Fsp3) is 0.444. The van der Waals surface area contributed by atoms with Crippen LogP contribution in [0, 0.1) is 11.3 Å². The normalized spacial score (nSPS) is 17.4. The number of ether oxygens (including phenoxy) is 2. The van der Waals surface area contributed by atoms with Crippen LogP contribution in [-0.4, -0.2) is 136 Å². The molecule has 6 rings (SSSR count). The van der Waals surface area contributed by atoms with Crippen molar-refractivity contribution in [3.8, 4) is 11.5 Å². The van der Waals surface area contributed by atoms with Crippen LogP contribution in [0.4, 0.5) is 17.1 Å². The number of anilines is 3. The first-order chi connectivity index (χ1) is 30.6. The minimum Gasteiger partial charge on any atom is -0.493 e. The topological polar surface area (TPSA) is 237 Å². The van der Waals surface area contributed by atoms with Crippen molar-refractivity contribution in [2.24, 2.45) is 5.92 Å². The molecule has 3 aliphatic rings. The molecule has 0 aromatic heterocycles. The summed E-state index contributed by atoms with van der Waals surface area (Å²) in [6.45, 7) is 6.14. The molecule has 2 fully saturated rings. The highest BCUT2D eigenvalue weighted by Gasteiger charge is 2.43. The number of fused-ring (bicyclic) bond motifs is 1. The summed E-state index contributed by atoms with van der Waals surface area (Å²) in [5.41, 5.74) is 2.42. The lowest BCUT2D eigenvalue weighted by Gasteiger charge is -2.34. The number of hydrogen-bond donors (Lipinski definition) is 5. The van der Waals surface area contributed by atoms with E-state index in [0.717, 1.165) is 43.6 Å². The zero-order valence-corrected chi connectivity index (χ0v) is 37.4. The third kappa shape index (κ3) is 11.5. The van der Waals surface area contributed by atoms with Crippen molar-refractivity contribution < 1.29 is 46.7 Å². The van der Waals surface area contributed by atoms with Crippen molar-refractivity contribution in [2.75, 3.05) is 88.0 Å². The number of benzene rings is 3. The van der Waals surface area contributed by atoms with Gasteiger partial charge in [-0.25, -0.2) is 8.42 Å². The van der Waals surface area contributed by atoms with Gasteiger partial charge in [0.2, 0.25) is 23.6 Å². The maximum atomic E-state index is 14.0. The number of methoxy groups -OCH3 is 1. The molecule has 18 nitrogen and oxygen atoms in total. The standard InChI is InChI=1S/C45H56N8O10S/c1-5-63-37-24-28(13-17-36(37)62-3)35(27-64(4,60)61)53-44(58)31-10-9-11-33(41(31)45(53)59)49-38(54)12-7-6-8-19-51-20-22-52(23-21-51)26-40(56)48-29-14-15-30(34(25-29)47-2)42(46)32-16-18-39(55)50-43(32)57/h9-11,13-15,17,24-25,32,35,46-47H,5-8,12,16,18-23,26-27H2,1-4H3,(H,48,56)(H,49,54)(H,50,55,57). The largest absolute Gasteiger partial charge is 0.493 e. The number of piperidine rings is 1. The van der Waals surface area contributed by atoms with Crippen LogP contribution in [0.1, 0.15) is 83.3 Å². The highest BCUT2D eigenvalue weighted by molar-refractivity contribution is 7.90. The summed E-state index contributed by atoms with van der Waals surface area (Å²) in [6.07, 6.45) is 3.93. The van der Waals surface area contributed by atoms with Gasteiger partial charge in [0.05, 0.1) is 60.5 Å². The van der Waals surface area contributed by atoms with Crippen molar-refractivity contribution in [3.63, 3.8) is 0 Å². The zero-order valence-electron chi connectivity index (χ0n) is 36.6. The smallest absolute Gasteiger partial charge is 0.264 e. The van der Waals surface area contributed by atoms with Gasteiger partial charge in [-0.3, -0.25) is 43.9 Å². The lowest BCUT2D eigenvalue weighted by atomic mass is 9.88. The molecule has 0 spiro atoms. The van der Waals surface area contributed by atoms with E-state index >= 15 is 0 Å². The van der Waals surface area contributed by atoms with Crippen molar-refractivity contribution in [1.82, 2.24) is 20.0 Å². The van der Waals surface area contributed by atoms with Crippen molar-refractivity contribution in [3.05, 3.63) is 76.9 Å². The number of sulfone groups is 1. The number of rotatable bonds is 20. The monoisotopic (exact) mass is 900 g/mol. The van der Waals surface area contributed by atoms with E-state index in [0.29, 0.717) is 60.1 Å². The first-order valence-corrected chi connectivity index (χ1v) is 23.4. The van der Waals surface area contributed by atoms with Crippen LogP contribution < -0.4 is 30.7 Å². The molecule has 0 saturated carbocycles. The Kier molecular flexibility index (Phi) is 15.5. The van der Waals surface area contributed by atoms with Crippen LogP contribution in [0.25, 0.3) is 0 Å². The number of carbonyl (C=O) groups is 6. The molecular weight excluding hydrogens is 845 g/mol. The van der Waals surface area contributed by atoms with E-state index in [9.17, 15) is 37.2 Å². The summed E-state index contributed by atoms with van der Waals surface area (Å²) in [7, 11) is -0.520. The number of carbonyl (C=O) groups excluding carboxylic acids is 6. The molecule has 2 saturated heterocycles. The maximum absolute atomic E-state index is 14.0. The van der Waals surface area contributed by atoms with Gasteiger partial charge in [-0.1, -0.05) is 18.6 Å². The lowest BCUT2D eigenvalue weighted by molar-refractivity contribution is -0.134. The Morgan fingerprint density at radius 2 is 1.64 bits per heavy atom. The number of hydrogen-bond acceptors (Lipinski definition) is 14. The second kappa shape index (κ2) is 21.0. The summed E-state index contributed by atoms with van der Waals surface area (Å²) in [5, 5.41) is 19.7. The minimum atomic E-state index is -3.69. The Morgan fingerprint density at radius 3 is 2.33 bits per heavy atom. The fourth-order valence-corrected chi connectivity index (χ4v) is 9.19. The number of imide groups is 2. The summed E-state index contributed by atoms with van der Waals surface area (Å²) >= 11 is 0. The number of nitrogens with one attached hydrogen (secondary N) is 5. The van der Waals surface area contributed by atoms with Gasteiger partial charge in [-0.2, -0.15) is 0 Å². The Bertz CT molecular complexity index is 2420. The van der Waals surface area contributed by atoms with E-state index in [1.54, 1.807) is 62.5 Å². The van der Waals surface area contributed by atoms with E-state index in [4.69, 9.17) is 14.9 Å². The van der Waals surface area contributed by atoms with E-state index in [1.807, 2.05) is 0 Å². The van der Waals surface area contributed by atoms with Gasteiger partial charge in [0.15, 0.2) is 11.5 Å². The number of unbranched alkanes of at least 4 members (excludes halogenated alkanes) is 2. The van der Waals surface area contributed by atoms with Crippen molar-refractivity contribution in [2.45, 2.75) is 51.5 Å². The molecule has 5 N–H and O–H groups in total. The van der Waals surface area contributed by atoms with E-state index in [2.05, 4.69) is 31.1 Å². The molecule has 19 heteroatoms. The summed E-state index contributed by atoms with van der Waals surface area (Å²) in [4.78, 5) is 83.1. The third-order valence-corrected chi connectivity index (χ3v) is 12.4. The zero-order chi connectivity index (χ0) is 46.1. The number of nitrogens with zero attached hydrogens (tertiary/aromatic N) is 3. The predicted octanol–water partition coefficient (Wildman–Crippen LogP) is 3.69. The molecule has 2 unspecified atom stereocenters. The van der Waals surface area contributed by atoms with Crippen LogP contribution in [0.5, 0.6) is 11.5 Å². The molecule has 0 aliphatic carbocycles. The van der Waals surface area contributed by atoms with Gasteiger partial charge >= 0.3 is 0 Å². The maximum Gasteiger partial charge on any atom is 0.264 e. The Labute approximate surface area is 372 Å². The third-order valence-electron chi connectivity index (χ3n) is 11.5. The molecule has 3 aromatic rings. The lowest BCUT2D eigenvalue weighted by Crippen LogP contribution is -2.48. The average molecular weight is 901 g/mol. The molecule has 3 aromatic carbocycles.